The summed E-state index contributed by atoms with van der Waals surface area (Å²) in [6, 6.07) is 8.08. The lowest BCUT2D eigenvalue weighted by molar-refractivity contribution is -0.142. The van der Waals surface area contributed by atoms with E-state index >= 15 is 0 Å². The Morgan fingerprint density at radius 3 is 2.25 bits per heavy atom. The predicted octanol–water partition coefficient (Wildman–Crippen LogP) is 10.8. The van der Waals surface area contributed by atoms with Crippen molar-refractivity contribution in [2.45, 2.75) is 123 Å². The Morgan fingerprint density at radius 1 is 0.807 bits per heavy atom. The van der Waals surface area contributed by atoms with Crippen LogP contribution in [-0.2, 0) is 14.3 Å². The third-order valence-corrected chi connectivity index (χ3v) is 16.8. The van der Waals surface area contributed by atoms with Gasteiger partial charge in [0, 0.05) is 11.8 Å². The summed E-state index contributed by atoms with van der Waals surface area (Å²) in [6.07, 6.45) is 16.5. The zero-order chi connectivity index (χ0) is 39.8. The van der Waals surface area contributed by atoms with Gasteiger partial charge in [-0.2, -0.15) is 0 Å². The van der Waals surface area contributed by atoms with E-state index in [1.54, 1.807) is 26.9 Å². The van der Waals surface area contributed by atoms with Crippen LogP contribution in [0.3, 0.4) is 0 Å². The summed E-state index contributed by atoms with van der Waals surface area (Å²) in [7, 11) is 4.84. The minimum atomic E-state index is -0.445. The summed E-state index contributed by atoms with van der Waals surface area (Å²) in [4.78, 5) is 13.9. The molecule has 1 saturated heterocycles. The number of allylic oxidation sites excluding steroid dienone is 1. The third kappa shape index (κ3) is 6.36. The van der Waals surface area contributed by atoms with E-state index in [9.17, 15) is 4.79 Å². The van der Waals surface area contributed by atoms with Gasteiger partial charge in [0.1, 0.15) is 0 Å². The van der Waals surface area contributed by atoms with E-state index in [-0.39, 0.29) is 42.2 Å². The predicted molar refractivity (Wildman–Crippen MR) is 219 cm³/mol. The number of benzene rings is 2. The number of esters is 1. The van der Waals surface area contributed by atoms with E-state index < -0.39 is 5.92 Å². The molecule has 4 fully saturated rings. The smallest absolute Gasteiger partial charge is 0.310 e. The van der Waals surface area contributed by atoms with E-state index in [4.69, 9.17) is 33.2 Å². The molecule has 57 heavy (non-hydrogen) atoms. The highest BCUT2D eigenvalue weighted by molar-refractivity contribution is 5.79. The van der Waals surface area contributed by atoms with Gasteiger partial charge in [-0.3, -0.25) is 4.79 Å². The Hall–Kier alpha value is -3.39. The minimum Gasteiger partial charge on any atom is -0.493 e. The molecule has 0 aromatic heterocycles. The fourth-order valence-electron chi connectivity index (χ4n) is 13.9. The number of carbonyl (C=O) groups excluding carboxylic acids is 1. The number of fused-ring (bicyclic) bond motifs is 8. The number of rotatable bonds is 11. The number of hydrogen-bond donors (Lipinski definition) is 0. The Balaban J connectivity index is 0.985. The largest absolute Gasteiger partial charge is 0.493 e. The lowest BCUT2D eigenvalue weighted by atomic mass is 9.47. The summed E-state index contributed by atoms with van der Waals surface area (Å²) < 4.78 is 42.4. The maximum atomic E-state index is 13.9. The minimum absolute atomic E-state index is 0.0645. The summed E-state index contributed by atoms with van der Waals surface area (Å²) in [5.74, 6) is 6.79. The average Bonchev–Trinajstić information content (AvgIpc) is 3.93. The van der Waals surface area contributed by atoms with Crippen LogP contribution in [0.4, 0.5) is 0 Å². The van der Waals surface area contributed by atoms with Crippen molar-refractivity contribution in [2.24, 2.45) is 58.2 Å². The third-order valence-electron chi connectivity index (χ3n) is 16.8. The van der Waals surface area contributed by atoms with Gasteiger partial charge in [0.25, 0.3) is 0 Å². The highest BCUT2D eigenvalue weighted by atomic mass is 16.7. The fourth-order valence-corrected chi connectivity index (χ4v) is 13.9. The van der Waals surface area contributed by atoms with Crippen LogP contribution in [-0.4, -0.2) is 46.8 Å². The van der Waals surface area contributed by atoms with Gasteiger partial charge in [-0.25, -0.2) is 0 Å². The molecule has 310 valence electrons. The van der Waals surface area contributed by atoms with Crippen molar-refractivity contribution in [1.82, 2.24) is 0 Å². The average molecular weight is 783 g/mol. The molecule has 0 unspecified atom stereocenters. The van der Waals surface area contributed by atoms with Crippen LogP contribution in [0.15, 0.2) is 35.9 Å². The molecule has 0 spiro atoms. The highest BCUT2D eigenvalue weighted by Gasteiger charge is 2.60. The van der Waals surface area contributed by atoms with Crippen molar-refractivity contribution in [3.8, 4) is 28.7 Å². The monoisotopic (exact) mass is 782 g/mol. The van der Waals surface area contributed by atoms with Crippen molar-refractivity contribution in [3.63, 3.8) is 0 Å². The topological polar surface area (TPSA) is 81.7 Å². The molecule has 3 saturated carbocycles. The van der Waals surface area contributed by atoms with Gasteiger partial charge in [0.05, 0.1) is 46.1 Å². The van der Waals surface area contributed by atoms with Crippen molar-refractivity contribution in [1.29, 1.82) is 0 Å². The van der Waals surface area contributed by atoms with E-state index in [1.165, 1.54) is 51.4 Å². The maximum Gasteiger partial charge on any atom is 0.310 e. The van der Waals surface area contributed by atoms with Crippen molar-refractivity contribution < 1.29 is 38.0 Å². The van der Waals surface area contributed by atoms with Gasteiger partial charge in [0.15, 0.2) is 23.0 Å². The molecule has 8 heteroatoms. The molecule has 12 atom stereocenters. The van der Waals surface area contributed by atoms with Gasteiger partial charge < -0.3 is 33.2 Å². The van der Waals surface area contributed by atoms with Crippen molar-refractivity contribution in [3.05, 3.63) is 52.6 Å². The van der Waals surface area contributed by atoms with E-state index in [0.29, 0.717) is 35.0 Å². The summed E-state index contributed by atoms with van der Waals surface area (Å²) in [5.41, 5.74) is 5.27. The number of methoxy groups -OCH3 is 3. The van der Waals surface area contributed by atoms with Crippen molar-refractivity contribution >= 4 is 5.97 Å². The highest BCUT2D eigenvalue weighted by Crippen LogP contribution is 2.68. The summed E-state index contributed by atoms with van der Waals surface area (Å²) in [5, 5.41) is 0. The van der Waals surface area contributed by atoms with E-state index in [2.05, 4.69) is 52.8 Å². The fraction of sp³-hybridized carbons (Fsp3) is 0.694. The van der Waals surface area contributed by atoms with Gasteiger partial charge in [-0.1, -0.05) is 65.5 Å². The molecule has 7 aliphatic rings. The number of hydrogen-bond acceptors (Lipinski definition) is 8. The van der Waals surface area contributed by atoms with Crippen molar-refractivity contribution in [2.75, 3.05) is 34.7 Å². The first kappa shape index (κ1) is 39.1. The second-order valence-electron chi connectivity index (χ2n) is 19.8. The molecule has 0 amide bonds. The molecular weight excluding hydrogens is 717 g/mol. The van der Waals surface area contributed by atoms with E-state index in [0.717, 1.165) is 77.2 Å². The Bertz CT molecular complexity index is 1860. The van der Waals surface area contributed by atoms with Crippen LogP contribution in [0.2, 0.25) is 0 Å². The van der Waals surface area contributed by atoms with Crippen LogP contribution in [0.1, 0.15) is 134 Å². The molecule has 0 radical (unpaired) electrons. The van der Waals surface area contributed by atoms with Crippen LogP contribution < -0.4 is 23.7 Å². The maximum absolute atomic E-state index is 13.9. The first-order chi connectivity index (χ1) is 27.5. The normalized spacial score (nSPS) is 36.6. The van der Waals surface area contributed by atoms with Gasteiger partial charge in [-0.05, 0) is 139 Å². The summed E-state index contributed by atoms with van der Waals surface area (Å²) >= 11 is 0. The second kappa shape index (κ2) is 15.0. The quantitative estimate of drug-likeness (QED) is 0.165. The Labute approximate surface area is 340 Å². The van der Waals surface area contributed by atoms with Gasteiger partial charge in [-0.15, -0.1) is 0 Å². The molecule has 8 nitrogen and oxygen atoms in total. The van der Waals surface area contributed by atoms with E-state index in [1.807, 2.05) is 12.1 Å². The standard InChI is InChI=1S/C49H66O8/c1-27(2)10-9-11-28(3)36-14-15-37-32-13-12-30-22-31(16-18-48(30,4)38(32)17-19-49(36,37)5)57-45-34-24-40-39(55-26-56-40)23-33(34)43(44-35(45)25-54-47(44)50)29-20-41(51-6)46(53-8)42(21-29)52-7/h12,20-21,23-24,27-28,31-32,35-38,43-45H,9-11,13-19,22,25-26H2,1-8H3/t28-,31+,32+,35+,36-,37+,38+,43-,44+,45-,48+,49-/m1/s1. The number of ether oxygens (including phenoxy) is 7. The Kier molecular flexibility index (Phi) is 10.3. The summed E-state index contributed by atoms with van der Waals surface area (Å²) in [6.45, 7) is 13.1. The zero-order valence-electron chi connectivity index (χ0n) is 35.7. The lowest BCUT2D eigenvalue weighted by Gasteiger charge is -2.58. The number of cyclic esters (lactones) is 1. The van der Waals surface area contributed by atoms with Crippen LogP contribution in [0, 0.1) is 58.2 Å². The molecule has 0 N–H and O–H groups in total. The number of carbonyl (C=O) groups is 1. The molecule has 2 heterocycles. The van der Waals surface area contributed by atoms with Crippen LogP contribution in [0.25, 0.3) is 0 Å². The van der Waals surface area contributed by atoms with Crippen LogP contribution >= 0.6 is 0 Å². The Morgan fingerprint density at radius 2 is 1.54 bits per heavy atom. The van der Waals surface area contributed by atoms with Crippen LogP contribution in [0.5, 0.6) is 28.7 Å². The van der Waals surface area contributed by atoms with Gasteiger partial charge in [0.2, 0.25) is 12.5 Å². The zero-order valence-corrected chi connectivity index (χ0v) is 35.7. The molecule has 2 aromatic rings. The lowest BCUT2D eigenvalue weighted by Crippen LogP contribution is -2.51. The molecule has 2 aliphatic heterocycles. The molecule has 0 bridgehead atoms. The second-order valence-corrected chi connectivity index (χ2v) is 19.8. The molecular formula is C49H66O8. The van der Waals surface area contributed by atoms with Gasteiger partial charge >= 0.3 is 5.97 Å². The molecule has 2 aromatic carbocycles. The first-order valence-corrected chi connectivity index (χ1v) is 22.2. The molecule has 5 aliphatic carbocycles. The molecule has 9 rings (SSSR count). The first-order valence-electron chi connectivity index (χ1n) is 22.2. The SMILES string of the molecule is COc1cc([C@@H]2c3cc4c(cc3[C@@H](O[C@H]3CC[C@@]5(C)C(=CC[C@H]6[C@@H]7CC[C@H]([C@H](C)CCCC(C)C)[C@@]7(C)CC[C@@H]65)C3)[C@H]3COC(=O)[C@H]23)OCO4)cc(OC)c1OC.